The third-order valence-electron chi connectivity index (χ3n) is 2.48. The molecule has 0 atom stereocenters. The second-order valence-corrected chi connectivity index (χ2v) is 3.94. The molecule has 98 valence electrons. The number of halogens is 2. The number of carbonyl (C=O) groups excluding carboxylic acids is 1. The predicted octanol–water partition coefficient (Wildman–Crippen LogP) is 2.50. The van der Waals surface area contributed by atoms with Gasteiger partial charge >= 0.3 is 0 Å². The lowest BCUT2D eigenvalue weighted by atomic mass is 10.1. The number of nitrogens with two attached hydrogens (primary N) is 1. The monoisotopic (exact) mass is 263 g/mol. The van der Waals surface area contributed by atoms with E-state index in [0.717, 1.165) is 12.1 Å². The standard InChI is InChI=1S/C13H11F2N3O/c1-7-3-2-4-10(17-7)18-13(19)11-8(14)5-6-9(16)12(11)15/h2-6H,16H2,1H3,(H,17,18,19). The van der Waals surface area contributed by atoms with Gasteiger partial charge < -0.3 is 11.1 Å². The van der Waals surface area contributed by atoms with Crippen LogP contribution in [0.25, 0.3) is 0 Å². The van der Waals surface area contributed by atoms with Gasteiger partial charge in [-0.3, -0.25) is 4.79 Å². The summed E-state index contributed by atoms with van der Waals surface area (Å²) < 4.78 is 27.1. The number of amides is 1. The highest BCUT2D eigenvalue weighted by atomic mass is 19.1. The smallest absolute Gasteiger partial charge is 0.262 e. The molecular formula is C13H11F2N3O. The van der Waals surface area contributed by atoms with Crippen molar-refractivity contribution in [3.05, 3.63) is 53.2 Å². The Morgan fingerprint density at radius 1 is 1.26 bits per heavy atom. The molecule has 2 aromatic rings. The normalized spacial score (nSPS) is 10.3. The highest BCUT2D eigenvalue weighted by Gasteiger charge is 2.19. The van der Waals surface area contributed by atoms with Gasteiger partial charge in [-0.15, -0.1) is 0 Å². The van der Waals surface area contributed by atoms with Gasteiger partial charge in [-0.2, -0.15) is 0 Å². The van der Waals surface area contributed by atoms with E-state index in [4.69, 9.17) is 5.73 Å². The number of nitrogen functional groups attached to an aromatic ring is 1. The number of nitrogens with one attached hydrogen (secondary N) is 1. The maximum Gasteiger partial charge on any atom is 0.262 e. The van der Waals surface area contributed by atoms with Crippen LogP contribution in [0.3, 0.4) is 0 Å². The van der Waals surface area contributed by atoms with Gasteiger partial charge in [-0.25, -0.2) is 13.8 Å². The van der Waals surface area contributed by atoms with Crippen molar-refractivity contribution in [2.75, 3.05) is 11.1 Å². The number of aryl methyl sites for hydroxylation is 1. The minimum absolute atomic E-state index is 0.214. The molecule has 0 unspecified atom stereocenters. The molecule has 0 aliphatic carbocycles. The fraction of sp³-hybridized carbons (Fsp3) is 0.0769. The van der Waals surface area contributed by atoms with Crippen LogP contribution in [0.4, 0.5) is 20.3 Å². The van der Waals surface area contributed by atoms with Crippen LogP contribution < -0.4 is 11.1 Å². The molecule has 0 fully saturated rings. The van der Waals surface area contributed by atoms with Gasteiger partial charge in [0.25, 0.3) is 5.91 Å². The van der Waals surface area contributed by atoms with E-state index in [1.165, 1.54) is 6.07 Å². The first-order chi connectivity index (χ1) is 8.99. The average molecular weight is 263 g/mol. The predicted molar refractivity (Wildman–Crippen MR) is 67.7 cm³/mol. The van der Waals surface area contributed by atoms with Crippen molar-refractivity contribution in [3.8, 4) is 0 Å². The number of aromatic nitrogens is 1. The summed E-state index contributed by atoms with van der Waals surface area (Å²) in [5.74, 6) is -2.77. The van der Waals surface area contributed by atoms with E-state index in [1.807, 2.05) is 0 Å². The summed E-state index contributed by atoms with van der Waals surface area (Å²) in [7, 11) is 0. The van der Waals surface area contributed by atoms with E-state index < -0.39 is 23.1 Å². The first-order valence-electron chi connectivity index (χ1n) is 5.47. The van der Waals surface area contributed by atoms with Crippen LogP contribution in [0, 0.1) is 18.6 Å². The number of hydrogen-bond acceptors (Lipinski definition) is 3. The molecule has 0 saturated carbocycles. The molecular weight excluding hydrogens is 252 g/mol. The lowest BCUT2D eigenvalue weighted by Crippen LogP contribution is -2.17. The van der Waals surface area contributed by atoms with E-state index in [9.17, 15) is 13.6 Å². The zero-order chi connectivity index (χ0) is 14.0. The summed E-state index contributed by atoms with van der Waals surface area (Å²) in [6, 6.07) is 6.93. The minimum Gasteiger partial charge on any atom is -0.396 e. The van der Waals surface area contributed by atoms with Crippen LogP contribution in [0.5, 0.6) is 0 Å². The average Bonchev–Trinajstić information content (AvgIpc) is 2.34. The van der Waals surface area contributed by atoms with Gasteiger partial charge in [0.05, 0.1) is 5.69 Å². The number of pyridine rings is 1. The van der Waals surface area contributed by atoms with Crippen molar-refractivity contribution in [2.24, 2.45) is 0 Å². The number of benzene rings is 1. The Morgan fingerprint density at radius 3 is 2.68 bits per heavy atom. The molecule has 0 aliphatic rings. The van der Waals surface area contributed by atoms with E-state index in [-0.39, 0.29) is 11.5 Å². The summed E-state index contributed by atoms with van der Waals surface area (Å²) in [4.78, 5) is 15.8. The summed E-state index contributed by atoms with van der Waals surface area (Å²) in [5, 5.41) is 2.32. The number of carbonyl (C=O) groups is 1. The molecule has 0 radical (unpaired) electrons. The summed E-state index contributed by atoms with van der Waals surface area (Å²) in [6.45, 7) is 1.73. The molecule has 1 aromatic carbocycles. The Hall–Kier alpha value is -2.50. The topological polar surface area (TPSA) is 68.0 Å². The van der Waals surface area contributed by atoms with Crippen molar-refractivity contribution < 1.29 is 13.6 Å². The van der Waals surface area contributed by atoms with Crippen molar-refractivity contribution in [1.82, 2.24) is 4.98 Å². The maximum atomic E-state index is 13.6. The fourth-order valence-electron chi connectivity index (χ4n) is 1.57. The van der Waals surface area contributed by atoms with Gasteiger partial charge in [0.15, 0.2) is 5.82 Å². The third-order valence-corrected chi connectivity index (χ3v) is 2.48. The van der Waals surface area contributed by atoms with Crippen molar-refractivity contribution in [3.63, 3.8) is 0 Å². The van der Waals surface area contributed by atoms with Crippen LogP contribution in [0.15, 0.2) is 30.3 Å². The minimum atomic E-state index is -1.08. The second-order valence-electron chi connectivity index (χ2n) is 3.94. The largest absolute Gasteiger partial charge is 0.396 e. The van der Waals surface area contributed by atoms with Gasteiger partial charge in [-0.1, -0.05) is 6.07 Å². The molecule has 0 aliphatic heterocycles. The molecule has 0 bridgehead atoms. The third kappa shape index (κ3) is 2.67. The summed E-state index contributed by atoms with van der Waals surface area (Å²) in [6.07, 6.45) is 0. The van der Waals surface area contributed by atoms with Crippen molar-refractivity contribution in [2.45, 2.75) is 6.92 Å². The van der Waals surface area contributed by atoms with Gasteiger partial charge in [0, 0.05) is 5.69 Å². The van der Waals surface area contributed by atoms with Crippen molar-refractivity contribution >= 4 is 17.4 Å². The maximum absolute atomic E-state index is 13.6. The first kappa shape index (κ1) is 12.9. The van der Waals surface area contributed by atoms with Crippen LogP contribution in [-0.2, 0) is 0 Å². The zero-order valence-electron chi connectivity index (χ0n) is 10.1. The van der Waals surface area contributed by atoms with E-state index >= 15 is 0 Å². The van der Waals surface area contributed by atoms with Crippen LogP contribution >= 0.6 is 0 Å². The Balaban J connectivity index is 2.33. The van der Waals surface area contributed by atoms with Crippen LogP contribution in [-0.4, -0.2) is 10.9 Å². The number of hydrogen-bond donors (Lipinski definition) is 2. The molecule has 19 heavy (non-hydrogen) atoms. The Bertz CT molecular complexity index is 644. The number of anilines is 2. The van der Waals surface area contributed by atoms with E-state index in [2.05, 4.69) is 10.3 Å². The highest BCUT2D eigenvalue weighted by molar-refractivity contribution is 6.04. The molecule has 2 rings (SSSR count). The van der Waals surface area contributed by atoms with Gasteiger partial charge in [0.2, 0.25) is 0 Å². The SMILES string of the molecule is Cc1cccc(NC(=O)c2c(F)ccc(N)c2F)n1. The van der Waals surface area contributed by atoms with Crippen LogP contribution in [0.1, 0.15) is 16.1 Å². The lowest BCUT2D eigenvalue weighted by Gasteiger charge is -2.08. The molecule has 3 N–H and O–H groups in total. The summed E-state index contributed by atoms with van der Waals surface area (Å²) >= 11 is 0. The quantitative estimate of drug-likeness (QED) is 0.818. The Kier molecular flexibility index (Phi) is 3.41. The number of nitrogens with zero attached hydrogens (tertiary/aromatic N) is 1. The highest BCUT2D eigenvalue weighted by Crippen LogP contribution is 2.19. The molecule has 0 spiro atoms. The van der Waals surface area contributed by atoms with Crippen LogP contribution in [0.2, 0.25) is 0 Å². The van der Waals surface area contributed by atoms with E-state index in [1.54, 1.807) is 19.1 Å². The lowest BCUT2D eigenvalue weighted by molar-refractivity contribution is 0.101. The fourth-order valence-corrected chi connectivity index (χ4v) is 1.57. The Morgan fingerprint density at radius 2 is 2.00 bits per heavy atom. The molecule has 4 nitrogen and oxygen atoms in total. The van der Waals surface area contributed by atoms with Gasteiger partial charge in [0.1, 0.15) is 17.2 Å². The van der Waals surface area contributed by atoms with E-state index in [0.29, 0.717) is 5.69 Å². The molecule has 0 saturated heterocycles. The second kappa shape index (κ2) is 5.01. The molecule has 1 amide bonds. The number of rotatable bonds is 2. The molecule has 6 heteroatoms. The Labute approximate surface area is 108 Å². The zero-order valence-corrected chi connectivity index (χ0v) is 10.1. The molecule has 1 heterocycles. The summed E-state index contributed by atoms with van der Waals surface area (Å²) in [5.41, 5.74) is 4.97. The van der Waals surface area contributed by atoms with Gasteiger partial charge in [-0.05, 0) is 31.2 Å². The molecule has 1 aromatic heterocycles. The first-order valence-corrected chi connectivity index (χ1v) is 5.47. The van der Waals surface area contributed by atoms with Crippen molar-refractivity contribution in [1.29, 1.82) is 0 Å².